The summed E-state index contributed by atoms with van der Waals surface area (Å²) in [4.78, 5) is 14.2. The van der Waals surface area contributed by atoms with Crippen LogP contribution in [-0.2, 0) is 11.3 Å². The Morgan fingerprint density at radius 3 is 2.75 bits per heavy atom. The topological polar surface area (TPSA) is 20.3 Å². The lowest BCUT2D eigenvalue weighted by Gasteiger charge is -2.42. The lowest BCUT2D eigenvalue weighted by molar-refractivity contribution is -0.138. The Morgan fingerprint density at radius 2 is 2.10 bits per heavy atom. The van der Waals surface area contributed by atoms with Gasteiger partial charge in [-0.1, -0.05) is 37.3 Å². The van der Waals surface area contributed by atoms with Crippen molar-refractivity contribution in [2.45, 2.75) is 45.6 Å². The van der Waals surface area contributed by atoms with Gasteiger partial charge in [-0.3, -0.25) is 4.79 Å². The van der Waals surface area contributed by atoms with Crippen LogP contribution in [0, 0.1) is 17.8 Å². The molecule has 1 fully saturated rings. The highest BCUT2D eigenvalue weighted by Crippen LogP contribution is 2.38. The van der Waals surface area contributed by atoms with Crippen LogP contribution in [0.4, 0.5) is 0 Å². The molecule has 2 rings (SSSR count). The predicted octanol–water partition coefficient (Wildman–Crippen LogP) is 3.62. The fourth-order valence-corrected chi connectivity index (χ4v) is 3.06. The molecule has 0 aliphatic carbocycles. The van der Waals surface area contributed by atoms with Crippen LogP contribution in [-0.4, -0.2) is 17.4 Å². The van der Waals surface area contributed by atoms with Crippen LogP contribution < -0.4 is 0 Å². The fraction of sp³-hybridized carbons (Fsp3) is 0.500. The van der Waals surface area contributed by atoms with E-state index < -0.39 is 0 Å². The first kappa shape index (κ1) is 14.7. The Labute approximate surface area is 122 Å². The second-order valence-corrected chi connectivity index (χ2v) is 5.79. The molecule has 0 bridgehead atoms. The van der Waals surface area contributed by atoms with Gasteiger partial charge < -0.3 is 4.90 Å². The summed E-state index contributed by atoms with van der Waals surface area (Å²) in [6, 6.07) is 10.2. The molecule has 0 radical (unpaired) electrons. The molecule has 1 aliphatic heterocycles. The van der Waals surface area contributed by atoms with E-state index in [1.807, 2.05) is 23.1 Å². The Bertz CT molecular complexity index is 488. The van der Waals surface area contributed by atoms with E-state index in [1.165, 1.54) is 5.56 Å². The minimum Gasteiger partial charge on any atom is -0.338 e. The zero-order valence-electron chi connectivity index (χ0n) is 12.3. The van der Waals surface area contributed by atoms with Crippen molar-refractivity contribution in [3.05, 3.63) is 35.9 Å². The minimum atomic E-state index is 0.217. The number of carbonyl (C=O) groups is 1. The van der Waals surface area contributed by atoms with Gasteiger partial charge in [0, 0.05) is 25.9 Å². The number of carbonyl (C=O) groups excluding carboxylic acids is 1. The highest BCUT2D eigenvalue weighted by atomic mass is 16.2. The standard InChI is InChI=1S/C18H23NO/c1-3-5-12-18(4-2)13-11-17(20)19(15-18)14-16-9-7-6-8-10-16/h1,6-10H,4-5,11-15H2,2H3. The smallest absolute Gasteiger partial charge is 0.222 e. The van der Waals surface area contributed by atoms with Gasteiger partial charge in [0.25, 0.3) is 0 Å². The van der Waals surface area contributed by atoms with Crippen molar-refractivity contribution < 1.29 is 4.79 Å². The maximum absolute atomic E-state index is 12.2. The van der Waals surface area contributed by atoms with Gasteiger partial charge in [-0.05, 0) is 30.2 Å². The monoisotopic (exact) mass is 269 g/mol. The van der Waals surface area contributed by atoms with Crippen molar-refractivity contribution in [3.8, 4) is 12.3 Å². The summed E-state index contributed by atoms with van der Waals surface area (Å²) >= 11 is 0. The average molecular weight is 269 g/mol. The summed E-state index contributed by atoms with van der Waals surface area (Å²) in [5.74, 6) is 3.02. The quantitative estimate of drug-likeness (QED) is 0.748. The lowest BCUT2D eigenvalue weighted by atomic mass is 9.74. The van der Waals surface area contributed by atoms with Crippen LogP contribution in [0.15, 0.2) is 30.3 Å². The largest absolute Gasteiger partial charge is 0.338 e. The second kappa shape index (κ2) is 6.61. The van der Waals surface area contributed by atoms with E-state index >= 15 is 0 Å². The van der Waals surface area contributed by atoms with E-state index in [1.54, 1.807) is 0 Å². The first-order chi connectivity index (χ1) is 9.69. The lowest BCUT2D eigenvalue weighted by Crippen LogP contribution is -2.45. The van der Waals surface area contributed by atoms with Crippen LogP contribution >= 0.6 is 0 Å². The van der Waals surface area contributed by atoms with E-state index in [2.05, 4.69) is 25.0 Å². The van der Waals surface area contributed by atoms with E-state index in [4.69, 9.17) is 6.42 Å². The molecular weight excluding hydrogens is 246 g/mol. The van der Waals surface area contributed by atoms with Gasteiger partial charge >= 0.3 is 0 Å². The zero-order chi connectivity index (χ0) is 14.4. The number of terminal acetylenes is 1. The predicted molar refractivity (Wildman–Crippen MR) is 81.9 cm³/mol. The van der Waals surface area contributed by atoms with Gasteiger partial charge in [-0.25, -0.2) is 0 Å². The zero-order valence-corrected chi connectivity index (χ0v) is 12.3. The van der Waals surface area contributed by atoms with E-state index in [0.29, 0.717) is 6.42 Å². The second-order valence-electron chi connectivity index (χ2n) is 5.79. The van der Waals surface area contributed by atoms with Gasteiger partial charge in [0.1, 0.15) is 0 Å². The summed E-state index contributed by atoms with van der Waals surface area (Å²) in [5.41, 5.74) is 1.42. The molecule has 20 heavy (non-hydrogen) atoms. The normalized spacial score (nSPS) is 22.6. The third kappa shape index (κ3) is 3.42. The molecule has 0 N–H and O–H groups in total. The van der Waals surface area contributed by atoms with Crippen molar-refractivity contribution in [1.82, 2.24) is 4.90 Å². The van der Waals surface area contributed by atoms with Crippen LogP contribution in [0.5, 0.6) is 0 Å². The first-order valence-corrected chi connectivity index (χ1v) is 7.44. The van der Waals surface area contributed by atoms with Crippen molar-refractivity contribution in [3.63, 3.8) is 0 Å². The van der Waals surface area contributed by atoms with Gasteiger partial charge in [0.15, 0.2) is 0 Å². The molecule has 0 spiro atoms. The number of likely N-dealkylation sites (tertiary alicyclic amines) is 1. The number of piperidine rings is 1. The van der Waals surface area contributed by atoms with Crippen molar-refractivity contribution in [2.75, 3.05) is 6.54 Å². The van der Waals surface area contributed by atoms with Gasteiger partial charge in [-0.15, -0.1) is 12.3 Å². The molecule has 2 nitrogen and oxygen atoms in total. The molecule has 1 heterocycles. The molecule has 1 atom stereocenters. The van der Waals surface area contributed by atoms with Gasteiger partial charge in [0.2, 0.25) is 5.91 Å². The summed E-state index contributed by atoms with van der Waals surface area (Å²) in [6.07, 6.45) is 9.98. The van der Waals surface area contributed by atoms with Crippen molar-refractivity contribution in [1.29, 1.82) is 0 Å². The van der Waals surface area contributed by atoms with Gasteiger partial charge in [0.05, 0.1) is 0 Å². The molecule has 106 valence electrons. The number of amides is 1. The summed E-state index contributed by atoms with van der Waals surface area (Å²) in [7, 11) is 0. The summed E-state index contributed by atoms with van der Waals surface area (Å²) in [5, 5.41) is 0. The van der Waals surface area contributed by atoms with Crippen LogP contribution in [0.2, 0.25) is 0 Å². The third-order valence-electron chi connectivity index (χ3n) is 4.51. The molecule has 1 unspecified atom stereocenters. The molecule has 0 aromatic heterocycles. The van der Waals surface area contributed by atoms with Crippen LogP contribution in [0.25, 0.3) is 0 Å². The molecule has 1 saturated heterocycles. The maximum Gasteiger partial charge on any atom is 0.222 e. The number of benzene rings is 1. The van der Waals surface area contributed by atoms with Crippen LogP contribution in [0.1, 0.15) is 44.6 Å². The number of hydrogen-bond acceptors (Lipinski definition) is 1. The first-order valence-electron chi connectivity index (χ1n) is 7.44. The average Bonchev–Trinajstić information content (AvgIpc) is 2.49. The molecular formula is C18H23NO. The van der Waals surface area contributed by atoms with Crippen LogP contribution in [0.3, 0.4) is 0 Å². The van der Waals surface area contributed by atoms with Gasteiger partial charge in [-0.2, -0.15) is 0 Å². The Morgan fingerprint density at radius 1 is 1.35 bits per heavy atom. The Balaban J connectivity index is 2.08. The van der Waals surface area contributed by atoms with E-state index in [0.717, 1.165) is 38.8 Å². The molecule has 1 aromatic carbocycles. The summed E-state index contributed by atoms with van der Waals surface area (Å²) < 4.78 is 0. The van der Waals surface area contributed by atoms with E-state index in [-0.39, 0.29) is 11.3 Å². The molecule has 1 aromatic rings. The number of nitrogens with zero attached hydrogens (tertiary/aromatic N) is 1. The fourth-order valence-electron chi connectivity index (χ4n) is 3.06. The molecule has 1 aliphatic rings. The molecule has 0 saturated carbocycles. The highest BCUT2D eigenvalue weighted by Gasteiger charge is 2.36. The van der Waals surface area contributed by atoms with Crippen molar-refractivity contribution >= 4 is 5.91 Å². The maximum atomic E-state index is 12.2. The summed E-state index contributed by atoms with van der Waals surface area (Å²) in [6.45, 7) is 3.78. The highest BCUT2D eigenvalue weighted by molar-refractivity contribution is 5.77. The SMILES string of the molecule is C#CCCC1(CC)CCC(=O)N(Cc2ccccc2)C1. The third-order valence-corrected chi connectivity index (χ3v) is 4.51. The molecule has 1 amide bonds. The van der Waals surface area contributed by atoms with E-state index in [9.17, 15) is 4.79 Å². The Hall–Kier alpha value is -1.75. The van der Waals surface area contributed by atoms with Crippen molar-refractivity contribution in [2.24, 2.45) is 5.41 Å². The molecule has 2 heteroatoms. The number of rotatable bonds is 5. The minimum absolute atomic E-state index is 0.217. The Kier molecular flexibility index (Phi) is 4.84. The number of hydrogen-bond donors (Lipinski definition) is 0.